The molecule has 1 unspecified atom stereocenters. The number of nitrogens with zero attached hydrogens (tertiary/aromatic N) is 3. The number of aliphatic hydroxyl groups is 1. The van der Waals surface area contributed by atoms with Gasteiger partial charge in [-0.2, -0.15) is 5.10 Å². The molecule has 0 aliphatic heterocycles. The maximum Gasteiger partial charge on any atom is 0.276 e. The zero-order valence-corrected chi connectivity index (χ0v) is 20.8. The molecule has 0 amide bonds. The van der Waals surface area contributed by atoms with E-state index in [9.17, 15) is 9.90 Å². The lowest BCUT2D eigenvalue weighted by Crippen LogP contribution is -2.22. The van der Waals surface area contributed by atoms with Crippen molar-refractivity contribution in [3.05, 3.63) is 86.6 Å². The SMILES string of the molecule is CC(C)Cc1nn(C)c(=O)c2c(-c3csc(C(C)O)c3)n(Cc3cccc4ccccc34)cc12. The Morgan fingerprint density at radius 2 is 1.82 bits per heavy atom. The topological polar surface area (TPSA) is 60.1 Å². The van der Waals surface area contributed by atoms with Gasteiger partial charge in [0.05, 0.1) is 22.9 Å². The van der Waals surface area contributed by atoms with Crippen molar-refractivity contribution in [3.63, 3.8) is 0 Å². The summed E-state index contributed by atoms with van der Waals surface area (Å²) in [6, 6.07) is 16.8. The van der Waals surface area contributed by atoms with Gasteiger partial charge in [0.2, 0.25) is 0 Å². The van der Waals surface area contributed by atoms with Crippen molar-refractivity contribution in [3.8, 4) is 11.3 Å². The first-order valence-electron chi connectivity index (χ1n) is 11.7. The second-order valence-corrected chi connectivity index (χ2v) is 10.4. The molecule has 0 aliphatic rings. The molecule has 0 spiro atoms. The number of aromatic nitrogens is 3. The van der Waals surface area contributed by atoms with Crippen molar-refractivity contribution in [1.82, 2.24) is 14.3 Å². The Kier molecular flexibility index (Phi) is 5.88. The molecule has 6 heteroatoms. The van der Waals surface area contributed by atoms with E-state index in [-0.39, 0.29) is 5.56 Å². The van der Waals surface area contributed by atoms with Gasteiger partial charge < -0.3 is 9.67 Å². The van der Waals surface area contributed by atoms with Gasteiger partial charge in [-0.1, -0.05) is 56.3 Å². The van der Waals surface area contributed by atoms with Crippen LogP contribution >= 0.6 is 11.3 Å². The Morgan fingerprint density at radius 1 is 1.06 bits per heavy atom. The molecule has 3 aromatic heterocycles. The van der Waals surface area contributed by atoms with Gasteiger partial charge in [0.25, 0.3) is 5.56 Å². The van der Waals surface area contributed by atoms with Gasteiger partial charge in [-0.15, -0.1) is 11.3 Å². The molecule has 174 valence electrons. The Hall–Kier alpha value is -3.22. The van der Waals surface area contributed by atoms with E-state index in [0.717, 1.165) is 33.6 Å². The maximum absolute atomic E-state index is 13.4. The molecule has 0 fully saturated rings. The van der Waals surface area contributed by atoms with Crippen molar-refractivity contribution >= 4 is 32.9 Å². The second kappa shape index (κ2) is 8.85. The lowest BCUT2D eigenvalue weighted by Gasteiger charge is -2.11. The normalized spacial score (nSPS) is 12.8. The van der Waals surface area contributed by atoms with Gasteiger partial charge in [-0.3, -0.25) is 4.79 Å². The Bertz CT molecular complexity index is 1550. The molecule has 0 saturated heterocycles. The first-order valence-corrected chi connectivity index (χ1v) is 12.5. The summed E-state index contributed by atoms with van der Waals surface area (Å²) in [6.07, 6.45) is 2.34. The summed E-state index contributed by atoms with van der Waals surface area (Å²) in [5.41, 5.74) is 3.88. The monoisotopic (exact) mass is 471 g/mol. The van der Waals surface area contributed by atoms with Crippen LogP contribution in [0.25, 0.3) is 32.8 Å². The lowest BCUT2D eigenvalue weighted by molar-refractivity contribution is 0.203. The molecule has 1 N–H and O–H groups in total. The summed E-state index contributed by atoms with van der Waals surface area (Å²) >= 11 is 1.52. The van der Waals surface area contributed by atoms with Crippen LogP contribution in [0.2, 0.25) is 0 Å². The molecule has 1 atom stereocenters. The van der Waals surface area contributed by atoms with Gasteiger partial charge in [-0.25, -0.2) is 4.68 Å². The van der Waals surface area contributed by atoms with Crippen LogP contribution in [0.5, 0.6) is 0 Å². The number of thiophene rings is 1. The highest BCUT2D eigenvalue weighted by molar-refractivity contribution is 7.10. The summed E-state index contributed by atoms with van der Waals surface area (Å²) in [7, 11) is 1.73. The van der Waals surface area contributed by atoms with Gasteiger partial charge in [0.1, 0.15) is 0 Å². The van der Waals surface area contributed by atoms with Crippen LogP contribution in [-0.2, 0) is 20.0 Å². The number of fused-ring (bicyclic) bond motifs is 2. The third-order valence-corrected chi connectivity index (χ3v) is 7.40. The summed E-state index contributed by atoms with van der Waals surface area (Å²) in [5, 5.41) is 20.8. The maximum atomic E-state index is 13.4. The van der Waals surface area contributed by atoms with E-state index in [4.69, 9.17) is 0 Å². The van der Waals surface area contributed by atoms with Crippen LogP contribution in [0.1, 0.15) is 43.0 Å². The number of aliphatic hydroxyl groups excluding tert-OH is 1. The minimum absolute atomic E-state index is 0.0982. The highest BCUT2D eigenvalue weighted by Gasteiger charge is 2.22. The van der Waals surface area contributed by atoms with Crippen LogP contribution in [0, 0.1) is 5.92 Å². The van der Waals surface area contributed by atoms with E-state index in [1.807, 2.05) is 11.4 Å². The summed E-state index contributed by atoms with van der Waals surface area (Å²) in [4.78, 5) is 14.3. The number of aryl methyl sites for hydroxylation is 1. The lowest BCUT2D eigenvalue weighted by atomic mass is 10.0. The molecular weight excluding hydrogens is 442 g/mol. The molecule has 5 aromatic rings. The predicted molar refractivity (Wildman–Crippen MR) is 141 cm³/mol. The molecule has 34 heavy (non-hydrogen) atoms. The smallest absolute Gasteiger partial charge is 0.276 e. The fourth-order valence-corrected chi connectivity index (χ4v) is 5.55. The summed E-state index contributed by atoms with van der Waals surface area (Å²) in [6.45, 7) is 6.74. The minimum Gasteiger partial charge on any atom is -0.388 e. The Morgan fingerprint density at radius 3 is 2.56 bits per heavy atom. The average molecular weight is 472 g/mol. The highest BCUT2D eigenvalue weighted by atomic mass is 32.1. The Labute approximate surface area is 202 Å². The average Bonchev–Trinajstić information content (AvgIpc) is 3.42. The third-order valence-electron chi connectivity index (χ3n) is 6.29. The number of hydrogen-bond donors (Lipinski definition) is 1. The fraction of sp³-hybridized carbons (Fsp3) is 0.286. The molecule has 0 bridgehead atoms. The molecule has 5 rings (SSSR count). The highest BCUT2D eigenvalue weighted by Crippen LogP contribution is 2.36. The zero-order chi connectivity index (χ0) is 24.0. The van der Waals surface area contributed by atoms with Gasteiger partial charge in [0, 0.05) is 41.0 Å². The fourth-order valence-electron chi connectivity index (χ4n) is 4.72. The summed E-state index contributed by atoms with van der Waals surface area (Å²) in [5.74, 6) is 0.418. The van der Waals surface area contributed by atoms with Crippen LogP contribution in [0.3, 0.4) is 0 Å². The zero-order valence-electron chi connectivity index (χ0n) is 19.9. The van der Waals surface area contributed by atoms with E-state index in [1.54, 1.807) is 14.0 Å². The van der Waals surface area contributed by atoms with Crippen LogP contribution in [0.15, 0.2) is 64.9 Å². The quantitative estimate of drug-likeness (QED) is 0.335. The van der Waals surface area contributed by atoms with Crippen molar-refractivity contribution < 1.29 is 5.11 Å². The van der Waals surface area contributed by atoms with Crippen LogP contribution in [0.4, 0.5) is 0 Å². The molecule has 5 nitrogen and oxygen atoms in total. The van der Waals surface area contributed by atoms with Crippen molar-refractivity contribution in [2.75, 3.05) is 0 Å². The molecule has 3 heterocycles. The van der Waals surface area contributed by atoms with Gasteiger partial charge in [0.15, 0.2) is 0 Å². The number of rotatable bonds is 6. The van der Waals surface area contributed by atoms with Crippen LogP contribution < -0.4 is 5.56 Å². The minimum atomic E-state index is -0.549. The van der Waals surface area contributed by atoms with E-state index >= 15 is 0 Å². The predicted octanol–water partition coefficient (Wildman–Crippen LogP) is 5.92. The van der Waals surface area contributed by atoms with Crippen molar-refractivity contribution in [2.24, 2.45) is 13.0 Å². The summed E-state index contributed by atoms with van der Waals surface area (Å²) < 4.78 is 3.65. The third kappa shape index (κ3) is 3.97. The largest absolute Gasteiger partial charge is 0.388 e. The van der Waals surface area contributed by atoms with E-state index in [1.165, 1.54) is 32.4 Å². The van der Waals surface area contributed by atoms with Gasteiger partial charge in [-0.05, 0) is 41.7 Å². The number of benzene rings is 2. The van der Waals surface area contributed by atoms with E-state index in [0.29, 0.717) is 17.8 Å². The molecule has 0 radical (unpaired) electrons. The first kappa shape index (κ1) is 22.6. The van der Waals surface area contributed by atoms with Crippen LogP contribution in [-0.4, -0.2) is 19.5 Å². The van der Waals surface area contributed by atoms with Gasteiger partial charge >= 0.3 is 0 Å². The first-order chi connectivity index (χ1) is 16.3. The van der Waals surface area contributed by atoms with Crippen molar-refractivity contribution in [2.45, 2.75) is 39.8 Å². The second-order valence-electron chi connectivity index (χ2n) is 9.42. The standard InChI is InChI=1S/C28H29N3O2S/c1-17(2)12-24-23-15-31(14-20-10-7-9-19-8-5-6-11-22(19)20)27(26(23)28(33)30(4)29-24)21-13-25(18(3)32)34-16-21/h5-11,13,15-18,32H,12,14H2,1-4H3. The molecular formula is C28H29N3O2S. The Balaban J connectivity index is 1.79. The molecule has 0 saturated carbocycles. The van der Waals surface area contributed by atoms with E-state index in [2.05, 4.69) is 72.2 Å². The molecule has 2 aromatic carbocycles. The van der Waals surface area contributed by atoms with E-state index < -0.39 is 6.10 Å². The van der Waals surface area contributed by atoms with Crippen molar-refractivity contribution in [1.29, 1.82) is 0 Å². The number of hydrogen-bond acceptors (Lipinski definition) is 4. The molecule has 0 aliphatic carbocycles.